The van der Waals surface area contributed by atoms with Crippen molar-refractivity contribution in [2.75, 3.05) is 0 Å². The summed E-state index contributed by atoms with van der Waals surface area (Å²) < 4.78 is 40.0. The van der Waals surface area contributed by atoms with Crippen LogP contribution in [0, 0.1) is 17.5 Å². The van der Waals surface area contributed by atoms with Crippen LogP contribution < -0.4 is 0 Å². The Balaban J connectivity index is 0.000000585. The van der Waals surface area contributed by atoms with Crippen LogP contribution in [-0.2, 0) is 19.3 Å². The van der Waals surface area contributed by atoms with Crippen LogP contribution in [0.5, 0.6) is 0 Å². The van der Waals surface area contributed by atoms with Crippen molar-refractivity contribution in [3.8, 4) is 0 Å². The van der Waals surface area contributed by atoms with E-state index in [1.807, 2.05) is 0 Å². The highest BCUT2D eigenvalue weighted by Gasteiger charge is 2.16. The Kier molecular flexibility index (Phi) is 47.3. The topological polar surface area (TPSA) is 159 Å². The largest absolute Gasteiger partial charge is 0.476 e. The lowest BCUT2D eigenvalue weighted by Crippen LogP contribution is -1.99. The van der Waals surface area contributed by atoms with Crippen molar-refractivity contribution in [1.29, 1.82) is 0 Å². The van der Waals surface area contributed by atoms with Crippen molar-refractivity contribution in [3.63, 3.8) is 0 Å². The van der Waals surface area contributed by atoms with E-state index in [0.717, 1.165) is 57.8 Å². The number of carbonyl (C=O) groups is 3. The van der Waals surface area contributed by atoms with Gasteiger partial charge in [-0.2, -0.15) is 0 Å². The zero-order chi connectivity index (χ0) is 57.1. The highest BCUT2D eigenvalue weighted by Crippen LogP contribution is 2.20. The Morgan fingerprint density at radius 1 is 0.282 bits per heavy atom. The first kappa shape index (κ1) is 72.1. The third kappa shape index (κ3) is 40.3. The van der Waals surface area contributed by atoms with Crippen molar-refractivity contribution >= 4 is 17.9 Å². The van der Waals surface area contributed by atoms with Crippen LogP contribution in [-0.4, -0.2) is 48.2 Å². The molecule has 0 amide bonds. The van der Waals surface area contributed by atoms with Crippen molar-refractivity contribution in [3.05, 3.63) is 69.8 Å². The van der Waals surface area contributed by atoms with Crippen LogP contribution in [0.1, 0.15) is 358 Å². The molecule has 3 heterocycles. The number of hydrogen-bond acceptors (Lipinski definition) is 3. The number of carboxylic acids is 3. The molecule has 0 unspecified atom stereocenters. The molecule has 78 heavy (non-hydrogen) atoms. The van der Waals surface area contributed by atoms with Gasteiger partial charge in [0, 0.05) is 17.1 Å². The summed E-state index contributed by atoms with van der Waals surface area (Å²) in [5, 5.41) is 26.4. The van der Waals surface area contributed by atoms with Gasteiger partial charge in [0.1, 0.15) is 0 Å². The second-order valence-electron chi connectivity index (χ2n) is 22.6. The average molecular weight is 1100 g/mol. The molecule has 0 radical (unpaired) electrons. The molecule has 0 atom stereocenters. The molecule has 6 N–H and O–H groups in total. The maximum atomic E-state index is 13.4. The van der Waals surface area contributed by atoms with Gasteiger partial charge in [-0.1, -0.05) is 290 Å². The number of aryl methyl sites for hydroxylation is 3. The second-order valence-corrected chi connectivity index (χ2v) is 22.6. The van der Waals surface area contributed by atoms with Gasteiger partial charge < -0.3 is 30.3 Å². The third-order valence-corrected chi connectivity index (χ3v) is 15.3. The molecule has 0 aliphatic heterocycles. The van der Waals surface area contributed by atoms with E-state index < -0.39 is 35.4 Å². The Labute approximate surface area is 472 Å². The fourth-order valence-corrected chi connectivity index (χ4v) is 10.4. The van der Waals surface area contributed by atoms with Crippen molar-refractivity contribution in [2.24, 2.45) is 0 Å². The van der Waals surface area contributed by atoms with E-state index in [1.165, 1.54) is 269 Å². The van der Waals surface area contributed by atoms with Gasteiger partial charge in [-0.3, -0.25) is 0 Å². The molecule has 0 bridgehead atoms. The number of aromatic carboxylic acids is 3. The molecule has 0 saturated carbocycles. The minimum absolute atomic E-state index is 0.318. The molecule has 12 heteroatoms. The normalized spacial score (nSPS) is 11.2. The molecule has 0 spiro atoms. The minimum Gasteiger partial charge on any atom is -0.476 e. The van der Waals surface area contributed by atoms with E-state index in [1.54, 1.807) is 0 Å². The number of rotatable bonds is 51. The minimum atomic E-state index is -1.23. The summed E-state index contributed by atoms with van der Waals surface area (Å²) in [6.45, 7) is 6.79. The van der Waals surface area contributed by atoms with Crippen molar-refractivity contribution in [1.82, 2.24) is 15.0 Å². The number of aromatic nitrogens is 3. The van der Waals surface area contributed by atoms with Gasteiger partial charge in [0.25, 0.3) is 0 Å². The summed E-state index contributed by atoms with van der Waals surface area (Å²) in [4.78, 5) is 40.3. The highest BCUT2D eigenvalue weighted by molar-refractivity contribution is 5.86. The SMILES string of the molecule is CCCCCCCCCCCCCCCCCCc1cc(F)c(C(=O)O)[nH]1.CCCCCCCCCCCCCCCCCc1cc(F)c(C(=O)O)[nH]1.CCCCCCCCCCCCCCCCc1cc(F)c(C(=O)O)[nH]1. The maximum Gasteiger partial charge on any atom is 0.355 e. The standard InChI is InChI=1S/C23H40FNO2.C22H38FNO2.C21H36FNO2/c1-2-3-4-5-6-7-8-9-10-11-12-13-14-15-16-17-18-20-19-21(24)22(25-20)23(26)27;1-2-3-4-5-6-7-8-9-10-11-12-13-14-15-16-17-19-18-20(23)21(24-19)22(25)26;1-2-3-4-5-6-7-8-9-10-11-12-13-14-15-16-18-17-19(22)20(23-18)21(24)25/h19,25H,2-18H2,1H3,(H,26,27);18,24H,2-17H2,1H3,(H,25,26);17,23H,2-16H2,1H3,(H,24,25). The van der Waals surface area contributed by atoms with Crippen LogP contribution in [0.15, 0.2) is 18.2 Å². The van der Waals surface area contributed by atoms with E-state index in [4.69, 9.17) is 15.3 Å². The molecule has 0 aliphatic rings. The first-order valence-electron chi connectivity index (χ1n) is 32.3. The smallest absolute Gasteiger partial charge is 0.355 e. The first-order chi connectivity index (χ1) is 37.9. The molecule has 9 nitrogen and oxygen atoms in total. The Hall–Kier alpha value is -3.96. The zero-order valence-corrected chi connectivity index (χ0v) is 49.9. The quantitative estimate of drug-likeness (QED) is 0.0309. The number of H-pyrrole nitrogens is 3. The monoisotopic (exact) mass is 1100 g/mol. The molecule has 3 aromatic heterocycles. The van der Waals surface area contributed by atoms with Crippen LogP contribution in [0.2, 0.25) is 0 Å². The third-order valence-electron chi connectivity index (χ3n) is 15.3. The van der Waals surface area contributed by atoms with Crippen LogP contribution >= 0.6 is 0 Å². The number of hydrogen-bond donors (Lipinski definition) is 6. The summed E-state index contributed by atoms with van der Waals surface area (Å²) in [7, 11) is 0. The molecule has 0 saturated heterocycles. The highest BCUT2D eigenvalue weighted by atomic mass is 19.1. The Morgan fingerprint density at radius 2 is 0.423 bits per heavy atom. The van der Waals surface area contributed by atoms with Gasteiger partial charge in [0.2, 0.25) is 0 Å². The van der Waals surface area contributed by atoms with E-state index in [2.05, 4.69) is 35.7 Å². The fourth-order valence-electron chi connectivity index (χ4n) is 10.4. The molecule has 3 rings (SSSR count). The summed E-state index contributed by atoms with van der Waals surface area (Å²) in [6, 6.07) is 3.94. The summed E-state index contributed by atoms with van der Waals surface area (Å²) in [6.07, 6.45) is 61.6. The maximum absolute atomic E-state index is 13.4. The lowest BCUT2D eigenvalue weighted by atomic mass is 10.0. The van der Waals surface area contributed by atoms with Gasteiger partial charge in [-0.15, -0.1) is 0 Å². The van der Waals surface area contributed by atoms with Gasteiger partial charge in [0.05, 0.1) is 0 Å². The van der Waals surface area contributed by atoms with E-state index in [9.17, 15) is 27.6 Å². The predicted molar refractivity (Wildman–Crippen MR) is 319 cm³/mol. The summed E-state index contributed by atoms with van der Waals surface area (Å²) in [5.74, 6) is -5.67. The molecule has 0 aromatic carbocycles. The van der Waals surface area contributed by atoms with Gasteiger partial charge in [-0.05, 0) is 56.7 Å². The van der Waals surface area contributed by atoms with E-state index in [-0.39, 0.29) is 17.1 Å². The fraction of sp³-hybridized carbons (Fsp3) is 0.773. The van der Waals surface area contributed by atoms with Crippen molar-refractivity contribution < 1.29 is 42.9 Å². The molecule has 0 aliphatic carbocycles. The van der Waals surface area contributed by atoms with Gasteiger partial charge in [-0.25, -0.2) is 27.6 Å². The lowest BCUT2D eigenvalue weighted by Gasteiger charge is -2.03. The number of halogens is 3. The molecular formula is C66H114F3N3O6. The van der Waals surface area contributed by atoms with Crippen LogP contribution in [0.3, 0.4) is 0 Å². The van der Waals surface area contributed by atoms with Crippen LogP contribution in [0.4, 0.5) is 13.2 Å². The van der Waals surface area contributed by atoms with Gasteiger partial charge >= 0.3 is 17.9 Å². The number of nitrogens with one attached hydrogen (secondary N) is 3. The predicted octanol–water partition coefficient (Wildman–Crippen LogP) is 21.8. The Bertz CT molecular complexity index is 1870. The lowest BCUT2D eigenvalue weighted by molar-refractivity contribution is 0.0675. The number of aromatic amines is 3. The molecule has 3 aromatic rings. The molecule has 450 valence electrons. The molecular weight excluding hydrogens is 988 g/mol. The second kappa shape index (κ2) is 51.2. The van der Waals surface area contributed by atoms with Crippen LogP contribution in [0.25, 0.3) is 0 Å². The summed E-state index contributed by atoms with van der Waals surface area (Å²) >= 11 is 0. The Morgan fingerprint density at radius 3 is 0.551 bits per heavy atom. The molecule has 0 fully saturated rings. The van der Waals surface area contributed by atoms with E-state index in [0.29, 0.717) is 17.1 Å². The van der Waals surface area contributed by atoms with Crippen molar-refractivity contribution in [2.45, 2.75) is 329 Å². The van der Waals surface area contributed by atoms with Gasteiger partial charge in [0.15, 0.2) is 34.5 Å². The number of unbranched alkanes of at least 4 members (excludes halogenated alkanes) is 42. The average Bonchev–Trinajstić information content (AvgIpc) is 4.12. The zero-order valence-electron chi connectivity index (χ0n) is 49.9. The number of carboxylic acid groups (broad SMARTS) is 3. The van der Waals surface area contributed by atoms with E-state index >= 15 is 0 Å². The first-order valence-corrected chi connectivity index (χ1v) is 32.3. The summed E-state index contributed by atoms with van der Waals surface area (Å²) in [5.41, 5.74) is 1.11.